The minimum atomic E-state index is 0.441. The zero-order chi connectivity index (χ0) is 13.9. The number of hydrogen-bond donors (Lipinski definition) is 0. The van der Waals surface area contributed by atoms with Crippen molar-refractivity contribution < 1.29 is 0 Å². The van der Waals surface area contributed by atoms with Crippen LogP contribution < -0.4 is 4.90 Å². The summed E-state index contributed by atoms with van der Waals surface area (Å²) in [4.78, 5) is 3.79. The van der Waals surface area contributed by atoms with Crippen LogP contribution in [0.2, 0.25) is 0 Å². The zero-order valence-electron chi connectivity index (χ0n) is 11.5. The lowest BCUT2D eigenvalue weighted by molar-refractivity contribution is 0.622. The Morgan fingerprint density at radius 2 is 1.75 bits per heavy atom. The summed E-state index contributed by atoms with van der Waals surface area (Å²) in [6.45, 7) is 3.19. The average molecular weight is 304 g/mol. The number of hydrogen-bond acceptors (Lipinski definition) is 2. The highest BCUT2D eigenvalue weighted by molar-refractivity contribution is 7.99. The summed E-state index contributed by atoms with van der Waals surface area (Å²) in [5.74, 6) is 0.658. The van der Waals surface area contributed by atoms with Gasteiger partial charge in [0.15, 0.2) is 0 Å². The maximum absolute atomic E-state index is 6.01. The molecule has 2 atom stereocenters. The Balaban J connectivity index is 2.00. The molecule has 0 radical (unpaired) electrons. The molecule has 3 heteroatoms. The highest BCUT2D eigenvalue weighted by Gasteiger charge is 2.32. The van der Waals surface area contributed by atoms with Gasteiger partial charge in [0.1, 0.15) is 0 Å². The van der Waals surface area contributed by atoms with Crippen LogP contribution in [0.25, 0.3) is 0 Å². The normalized spacial score (nSPS) is 21.6. The van der Waals surface area contributed by atoms with E-state index in [1.54, 1.807) is 0 Å². The van der Waals surface area contributed by atoms with Gasteiger partial charge in [-0.3, -0.25) is 0 Å². The molecular formula is C17H18ClNS. The van der Waals surface area contributed by atoms with Gasteiger partial charge in [0.25, 0.3) is 0 Å². The maximum atomic E-state index is 6.01. The third kappa shape index (κ3) is 2.55. The summed E-state index contributed by atoms with van der Waals surface area (Å²) in [5.41, 5.74) is 2.71. The first-order chi connectivity index (χ1) is 9.81. The van der Waals surface area contributed by atoms with Crippen LogP contribution in [-0.2, 0) is 0 Å². The van der Waals surface area contributed by atoms with Gasteiger partial charge in [-0.1, -0.05) is 42.5 Å². The zero-order valence-corrected chi connectivity index (χ0v) is 13.1. The summed E-state index contributed by atoms with van der Waals surface area (Å²) < 4.78 is 0. The van der Waals surface area contributed by atoms with Crippen molar-refractivity contribution in [1.82, 2.24) is 0 Å². The molecule has 1 aliphatic rings. The second-order valence-corrected chi connectivity index (χ2v) is 6.60. The molecule has 1 aliphatic heterocycles. The van der Waals surface area contributed by atoms with Gasteiger partial charge < -0.3 is 4.90 Å². The van der Waals surface area contributed by atoms with E-state index in [0.29, 0.717) is 17.2 Å². The fraction of sp³-hybridized carbons (Fsp3) is 0.294. The minimum absolute atomic E-state index is 0.441. The fourth-order valence-electron chi connectivity index (χ4n) is 2.82. The van der Waals surface area contributed by atoms with Gasteiger partial charge >= 0.3 is 0 Å². The van der Waals surface area contributed by atoms with Crippen molar-refractivity contribution in [1.29, 1.82) is 0 Å². The van der Waals surface area contributed by atoms with Crippen molar-refractivity contribution in [2.24, 2.45) is 0 Å². The topological polar surface area (TPSA) is 3.24 Å². The summed E-state index contributed by atoms with van der Waals surface area (Å²) in [6.07, 6.45) is 0. The van der Waals surface area contributed by atoms with Crippen LogP contribution in [-0.4, -0.2) is 18.5 Å². The maximum Gasteiger partial charge on any atom is 0.0546 e. The molecule has 0 aliphatic carbocycles. The Hall–Kier alpha value is -1.12. The molecule has 0 saturated heterocycles. The van der Waals surface area contributed by atoms with Crippen molar-refractivity contribution in [3.8, 4) is 0 Å². The number of halogens is 1. The Morgan fingerprint density at radius 1 is 1.05 bits per heavy atom. The molecule has 0 bridgehead atoms. The monoisotopic (exact) mass is 303 g/mol. The fourth-order valence-corrected chi connectivity index (χ4v) is 4.37. The highest BCUT2D eigenvalue weighted by Crippen LogP contribution is 2.48. The predicted octanol–water partition coefficient (Wildman–Crippen LogP) is 4.97. The van der Waals surface area contributed by atoms with Gasteiger partial charge in [-0.2, -0.15) is 0 Å². The van der Waals surface area contributed by atoms with Gasteiger partial charge in [0.05, 0.1) is 10.9 Å². The summed E-state index contributed by atoms with van der Waals surface area (Å²) in [6, 6.07) is 19.8. The molecule has 0 amide bonds. The minimum Gasteiger partial charge on any atom is -0.365 e. The van der Waals surface area contributed by atoms with Crippen LogP contribution in [0.15, 0.2) is 59.5 Å². The van der Waals surface area contributed by atoms with Gasteiger partial charge in [0.2, 0.25) is 0 Å². The first-order valence-electron chi connectivity index (χ1n) is 6.94. The number of benzene rings is 2. The smallest absolute Gasteiger partial charge is 0.0546 e. The van der Waals surface area contributed by atoms with E-state index in [4.69, 9.17) is 11.6 Å². The van der Waals surface area contributed by atoms with Crippen LogP contribution in [0.4, 0.5) is 5.69 Å². The SMILES string of the molecule is C[C@@H]1[C@H](c2ccccc2)Sc2ccccc2N1CCCl. The van der Waals surface area contributed by atoms with Crippen LogP contribution in [0.5, 0.6) is 0 Å². The van der Waals surface area contributed by atoms with E-state index < -0.39 is 0 Å². The van der Waals surface area contributed by atoms with E-state index in [0.717, 1.165) is 6.54 Å². The molecule has 2 aromatic rings. The molecule has 0 aromatic heterocycles. The molecule has 1 nitrogen and oxygen atoms in total. The largest absolute Gasteiger partial charge is 0.365 e. The molecule has 104 valence electrons. The average Bonchev–Trinajstić information content (AvgIpc) is 2.51. The number of rotatable bonds is 3. The molecule has 1 heterocycles. The Labute approximate surface area is 129 Å². The van der Waals surface area contributed by atoms with E-state index in [-0.39, 0.29) is 0 Å². The number of thioether (sulfide) groups is 1. The van der Waals surface area contributed by atoms with Crippen molar-refractivity contribution in [2.75, 3.05) is 17.3 Å². The Morgan fingerprint density at radius 3 is 2.50 bits per heavy atom. The van der Waals surface area contributed by atoms with E-state index >= 15 is 0 Å². The molecular weight excluding hydrogens is 286 g/mol. The van der Waals surface area contributed by atoms with Crippen molar-refractivity contribution in [3.05, 3.63) is 60.2 Å². The molecule has 0 fully saturated rings. The predicted molar refractivity (Wildman–Crippen MR) is 89.0 cm³/mol. The number of fused-ring (bicyclic) bond motifs is 1. The third-order valence-electron chi connectivity index (χ3n) is 3.81. The first kappa shape index (κ1) is 13.8. The highest BCUT2D eigenvalue weighted by atomic mass is 35.5. The lowest BCUT2D eigenvalue weighted by Crippen LogP contribution is -2.40. The van der Waals surface area contributed by atoms with Gasteiger partial charge in [0, 0.05) is 23.4 Å². The van der Waals surface area contributed by atoms with E-state index in [9.17, 15) is 0 Å². The second kappa shape index (κ2) is 6.11. The second-order valence-electron chi connectivity index (χ2n) is 5.04. The molecule has 3 rings (SSSR count). The lowest BCUT2D eigenvalue weighted by Gasteiger charge is -2.41. The number of para-hydroxylation sites is 1. The third-order valence-corrected chi connectivity index (χ3v) is 5.50. The summed E-state index contributed by atoms with van der Waals surface area (Å²) in [7, 11) is 0. The van der Waals surface area contributed by atoms with Crippen molar-refractivity contribution in [2.45, 2.75) is 23.1 Å². The number of nitrogens with zero attached hydrogens (tertiary/aromatic N) is 1. The molecule has 20 heavy (non-hydrogen) atoms. The lowest BCUT2D eigenvalue weighted by atomic mass is 10.0. The van der Waals surface area contributed by atoms with E-state index in [1.165, 1.54) is 16.1 Å². The standard InChI is InChI=1S/C17H18ClNS/c1-13-17(14-7-3-2-4-8-14)20-16-10-6-5-9-15(16)19(13)12-11-18/h2-10,13,17H,11-12H2,1H3/t13-,17-/m1/s1. The van der Waals surface area contributed by atoms with Crippen LogP contribution >= 0.6 is 23.4 Å². The molecule has 2 aromatic carbocycles. The Bertz CT molecular complexity index is 572. The van der Waals surface area contributed by atoms with Gasteiger partial charge in [-0.05, 0) is 24.6 Å². The van der Waals surface area contributed by atoms with E-state index in [1.807, 2.05) is 11.8 Å². The quantitative estimate of drug-likeness (QED) is 0.737. The van der Waals surface area contributed by atoms with Crippen LogP contribution in [0.1, 0.15) is 17.7 Å². The van der Waals surface area contributed by atoms with Gasteiger partial charge in [-0.15, -0.1) is 23.4 Å². The molecule has 0 unspecified atom stereocenters. The summed E-state index contributed by atoms with van der Waals surface area (Å²) in [5, 5.41) is 0.453. The van der Waals surface area contributed by atoms with E-state index in [2.05, 4.69) is 66.4 Å². The Kier molecular flexibility index (Phi) is 4.23. The van der Waals surface area contributed by atoms with Crippen LogP contribution in [0.3, 0.4) is 0 Å². The molecule has 0 spiro atoms. The number of anilines is 1. The van der Waals surface area contributed by atoms with Gasteiger partial charge in [-0.25, -0.2) is 0 Å². The summed E-state index contributed by atoms with van der Waals surface area (Å²) >= 11 is 7.97. The van der Waals surface area contributed by atoms with Crippen molar-refractivity contribution >= 4 is 29.1 Å². The first-order valence-corrected chi connectivity index (χ1v) is 8.36. The van der Waals surface area contributed by atoms with Crippen LogP contribution in [0, 0.1) is 0 Å². The van der Waals surface area contributed by atoms with Crippen molar-refractivity contribution in [3.63, 3.8) is 0 Å². The molecule has 0 N–H and O–H groups in total. The number of alkyl halides is 1. The molecule has 0 saturated carbocycles.